The van der Waals surface area contributed by atoms with E-state index in [1.54, 1.807) is 7.05 Å². The van der Waals surface area contributed by atoms with Crippen LogP contribution in [0.3, 0.4) is 0 Å². The second-order valence-electron chi connectivity index (χ2n) is 7.42. The van der Waals surface area contributed by atoms with Crippen molar-refractivity contribution < 1.29 is 4.79 Å². The minimum absolute atomic E-state index is 0. The molecule has 0 saturated carbocycles. The molecule has 2 atom stereocenters. The third kappa shape index (κ3) is 5.59. The Kier molecular flexibility index (Phi) is 8.85. The third-order valence-electron chi connectivity index (χ3n) is 4.93. The van der Waals surface area contributed by atoms with Crippen molar-refractivity contribution in [3.8, 4) is 0 Å². The molecule has 1 saturated heterocycles. The van der Waals surface area contributed by atoms with Crippen LogP contribution in [0.4, 0.5) is 0 Å². The SMILES string of the molecule is CCNC(=NCC(C)(C)C(=O)NC)N1CCC(C)C(n2ccnc2)C1.I. The molecule has 148 valence electrons. The van der Waals surface area contributed by atoms with E-state index in [0.717, 1.165) is 32.0 Å². The van der Waals surface area contributed by atoms with Crippen molar-refractivity contribution in [2.24, 2.45) is 16.3 Å². The van der Waals surface area contributed by atoms with Gasteiger partial charge in [-0.1, -0.05) is 6.92 Å². The van der Waals surface area contributed by atoms with E-state index in [1.807, 2.05) is 32.6 Å². The highest BCUT2D eigenvalue weighted by Crippen LogP contribution is 2.27. The first kappa shape index (κ1) is 22.7. The maximum absolute atomic E-state index is 12.0. The zero-order chi connectivity index (χ0) is 18.4. The van der Waals surface area contributed by atoms with Crippen LogP contribution < -0.4 is 10.6 Å². The summed E-state index contributed by atoms with van der Waals surface area (Å²) >= 11 is 0. The Morgan fingerprint density at radius 1 is 1.42 bits per heavy atom. The summed E-state index contributed by atoms with van der Waals surface area (Å²) in [4.78, 5) is 23.3. The lowest BCUT2D eigenvalue weighted by Crippen LogP contribution is -2.49. The van der Waals surface area contributed by atoms with Crippen LogP contribution in [0.15, 0.2) is 23.7 Å². The van der Waals surface area contributed by atoms with Crippen LogP contribution in [0.2, 0.25) is 0 Å². The van der Waals surface area contributed by atoms with E-state index in [0.29, 0.717) is 18.5 Å². The van der Waals surface area contributed by atoms with Gasteiger partial charge in [-0.15, -0.1) is 24.0 Å². The first-order valence-corrected chi connectivity index (χ1v) is 9.12. The fourth-order valence-corrected chi connectivity index (χ4v) is 3.20. The predicted molar refractivity (Wildman–Crippen MR) is 116 cm³/mol. The molecule has 0 aliphatic carbocycles. The minimum atomic E-state index is -0.526. The molecule has 7 nitrogen and oxygen atoms in total. The summed E-state index contributed by atoms with van der Waals surface area (Å²) in [5, 5.41) is 6.10. The summed E-state index contributed by atoms with van der Waals surface area (Å²) < 4.78 is 2.19. The van der Waals surface area contributed by atoms with Crippen LogP contribution in [-0.4, -0.2) is 59.5 Å². The average Bonchev–Trinajstić information content (AvgIpc) is 3.12. The molecule has 26 heavy (non-hydrogen) atoms. The van der Waals surface area contributed by atoms with Gasteiger partial charge in [-0.3, -0.25) is 9.79 Å². The maximum atomic E-state index is 12.0. The second-order valence-corrected chi connectivity index (χ2v) is 7.42. The van der Waals surface area contributed by atoms with E-state index < -0.39 is 5.41 Å². The molecule has 1 aromatic rings. The summed E-state index contributed by atoms with van der Waals surface area (Å²) in [6, 6.07) is 0.382. The number of aromatic nitrogens is 2. The first-order valence-electron chi connectivity index (χ1n) is 9.12. The zero-order valence-electron chi connectivity index (χ0n) is 16.5. The molecular weight excluding hydrogens is 443 g/mol. The number of carbonyl (C=O) groups excluding carboxylic acids is 1. The van der Waals surface area contributed by atoms with Crippen molar-refractivity contribution in [1.82, 2.24) is 25.1 Å². The van der Waals surface area contributed by atoms with Gasteiger partial charge in [-0.25, -0.2) is 4.98 Å². The number of likely N-dealkylation sites (tertiary alicyclic amines) is 1. The Labute approximate surface area is 174 Å². The Morgan fingerprint density at radius 3 is 2.73 bits per heavy atom. The summed E-state index contributed by atoms with van der Waals surface area (Å²) in [6.45, 7) is 11.3. The van der Waals surface area contributed by atoms with Crippen molar-refractivity contribution in [2.75, 3.05) is 33.2 Å². The number of guanidine groups is 1. The summed E-state index contributed by atoms with van der Waals surface area (Å²) in [6.07, 6.45) is 6.86. The number of rotatable bonds is 5. The van der Waals surface area contributed by atoms with Crippen molar-refractivity contribution >= 4 is 35.8 Å². The van der Waals surface area contributed by atoms with Gasteiger partial charge >= 0.3 is 0 Å². The number of nitrogens with zero attached hydrogens (tertiary/aromatic N) is 4. The topological polar surface area (TPSA) is 74.6 Å². The lowest BCUT2D eigenvalue weighted by atomic mass is 9.92. The van der Waals surface area contributed by atoms with Crippen molar-refractivity contribution in [3.05, 3.63) is 18.7 Å². The van der Waals surface area contributed by atoms with Crippen molar-refractivity contribution in [3.63, 3.8) is 0 Å². The van der Waals surface area contributed by atoms with E-state index in [9.17, 15) is 4.79 Å². The van der Waals surface area contributed by atoms with E-state index >= 15 is 0 Å². The fraction of sp³-hybridized carbons (Fsp3) is 0.722. The molecule has 0 spiro atoms. The number of aliphatic imine (C=N–C) groups is 1. The number of nitrogens with one attached hydrogen (secondary N) is 2. The van der Waals surface area contributed by atoms with Crippen LogP contribution in [0.5, 0.6) is 0 Å². The number of hydrogen-bond acceptors (Lipinski definition) is 3. The molecule has 1 aliphatic rings. The van der Waals surface area contributed by atoms with Crippen LogP contribution in [0.25, 0.3) is 0 Å². The highest BCUT2D eigenvalue weighted by atomic mass is 127. The number of piperidine rings is 1. The summed E-state index contributed by atoms with van der Waals surface area (Å²) in [7, 11) is 1.67. The molecule has 0 radical (unpaired) electrons. The molecule has 1 amide bonds. The molecule has 2 rings (SSSR count). The van der Waals surface area contributed by atoms with Crippen molar-refractivity contribution in [1.29, 1.82) is 0 Å². The highest BCUT2D eigenvalue weighted by Gasteiger charge is 2.30. The van der Waals surface area contributed by atoms with Crippen LogP contribution in [-0.2, 0) is 4.79 Å². The molecule has 0 aromatic carbocycles. The standard InChI is InChI=1S/C18H32N6O.HI/c1-6-21-17(22-12-18(3,4)16(25)19-5)23-9-7-14(2)15(11-23)24-10-8-20-13-24;/h8,10,13-15H,6-7,9,11-12H2,1-5H3,(H,19,25)(H,21,22);1H. The molecular formula is C18H33IN6O. The van der Waals surface area contributed by atoms with Gasteiger partial charge in [0.15, 0.2) is 5.96 Å². The lowest BCUT2D eigenvalue weighted by molar-refractivity contribution is -0.128. The quantitative estimate of drug-likeness (QED) is 0.388. The summed E-state index contributed by atoms with van der Waals surface area (Å²) in [5.74, 6) is 1.49. The molecule has 1 aromatic heterocycles. The van der Waals surface area contributed by atoms with Crippen LogP contribution >= 0.6 is 24.0 Å². The van der Waals surface area contributed by atoms with Gasteiger partial charge in [0.05, 0.1) is 24.3 Å². The second kappa shape index (κ2) is 10.1. The van der Waals surface area contributed by atoms with Gasteiger partial charge in [-0.2, -0.15) is 0 Å². The molecule has 8 heteroatoms. The van der Waals surface area contributed by atoms with Crippen LogP contribution in [0, 0.1) is 11.3 Å². The first-order chi connectivity index (χ1) is 11.9. The van der Waals surface area contributed by atoms with Gasteiger partial charge < -0.3 is 20.1 Å². The number of imidazole rings is 1. The number of halogens is 1. The molecule has 1 fully saturated rings. The maximum Gasteiger partial charge on any atom is 0.227 e. The molecule has 2 heterocycles. The molecule has 2 N–H and O–H groups in total. The third-order valence-corrected chi connectivity index (χ3v) is 4.93. The highest BCUT2D eigenvalue weighted by molar-refractivity contribution is 14.0. The van der Waals surface area contributed by atoms with Gasteiger partial charge in [0.1, 0.15) is 0 Å². The van der Waals surface area contributed by atoms with Crippen molar-refractivity contribution in [2.45, 2.75) is 40.2 Å². The number of amides is 1. The number of carbonyl (C=O) groups is 1. The largest absolute Gasteiger partial charge is 0.359 e. The Balaban J connectivity index is 0.00000338. The summed E-state index contributed by atoms with van der Waals surface area (Å²) in [5.41, 5.74) is -0.526. The predicted octanol–water partition coefficient (Wildman–Crippen LogP) is 2.12. The Bertz CT molecular complexity index is 587. The average molecular weight is 476 g/mol. The van der Waals surface area contributed by atoms with Gasteiger partial charge in [0.2, 0.25) is 5.91 Å². The lowest BCUT2D eigenvalue weighted by Gasteiger charge is -2.39. The zero-order valence-corrected chi connectivity index (χ0v) is 18.9. The van der Waals surface area contributed by atoms with Crippen LogP contribution in [0.1, 0.15) is 40.2 Å². The number of hydrogen-bond donors (Lipinski definition) is 2. The van der Waals surface area contributed by atoms with E-state index in [1.165, 1.54) is 0 Å². The van der Waals surface area contributed by atoms with E-state index in [4.69, 9.17) is 4.99 Å². The molecule has 2 unspecified atom stereocenters. The van der Waals surface area contributed by atoms with E-state index in [2.05, 4.69) is 38.9 Å². The fourth-order valence-electron chi connectivity index (χ4n) is 3.20. The van der Waals surface area contributed by atoms with Gasteiger partial charge in [0.25, 0.3) is 0 Å². The minimum Gasteiger partial charge on any atom is -0.359 e. The molecule has 0 bridgehead atoms. The van der Waals surface area contributed by atoms with Gasteiger partial charge in [-0.05, 0) is 33.1 Å². The molecule has 1 aliphatic heterocycles. The normalized spacial score (nSPS) is 21.1. The van der Waals surface area contributed by atoms with E-state index in [-0.39, 0.29) is 29.9 Å². The monoisotopic (exact) mass is 476 g/mol. The Morgan fingerprint density at radius 2 is 2.15 bits per heavy atom. The smallest absolute Gasteiger partial charge is 0.227 e. The Hall–Kier alpha value is -1.32. The van der Waals surface area contributed by atoms with Gasteiger partial charge in [0, 0.05) is 39.1 Å².